The van der Waals surface area contributed by atoms with Crippen LogP contribution in [0.2, 0.25) is 0 Å². The molecule has 1 N–H and O–H groups in total. The van der Waals surface area contributed by atoms with E-state index in [0.717, 1.165) is 17.8 Å². The van der Waals surface area contributed by atoms with Gasteiger partial charge in [0.15, 0.2) is 0 Å². The second-order valence-corrected chi connectivity index (χ2v) is 9.43. The van der Waals surface area contributed by atoms with Crippen molar-refractivity contribution in [1.29, 1.82) is 0 Å². The van der Waals surface area contributed by atoms with Gasteiger partial charge < -0.3 is 19.7 Å². The van der Waals surface area contributed by atoms with Crippen LogP contribution in [0, 0.1) is 6.92 Å². The molecule has 6 heteroatoms. The molecule has 0 saturated carbocycles. The summed E-state index contributed by atoms with van der Waals surface area (Å²) in [6.07, 6.45) is 2.07. The summed E-state index contributed by atoms with van der Waals surface area (Å²) in [5.74, 6) is -0.0363. The largest absolute Gasteiger partial charge is 0.348 e. The van der Waals surface area contributed by atoms with Gasteiger partial charge >= 0.3 is 6.03 Å². The number of carbonyl (C=O) groups is 2. The molecule has 0 fully saturated rings. The number of rotatable bonds is 4. The quantitative estimate of drug-likeness (QED) is 0.830. The van der Waals surface area contributed by atoms with Crippen LogP contribution in [0.3, 0.4) is 0 Å². The Morgan fingerprint density at radius 2 is 1.80 bits per heavy atom. The van der Waals surface area contributed by atoms with E-state index in [1.54, 1.807) is 4.90 Å². The molecule has 0 saturated heterocycles. The molecule has 0 bridgehead atoms. The van der Waals surface area contributed by atoms with Crippen LogP contribution in [0.5, 0.6) is 0 Å². The lowest BCUT2D eigenvalue weighted by Crippen LogP contribution is -2.54. The van der Waals surface area contributed by atoms with Crippen LogP contribution < -0.4 is 5.32 Å². The molecule has 2 heterocycles. The van der Waals surface area contributed by atoms with Crippen LogP contribution in [0.1, 0.15) is 57.5 Å². The minimum Gasteiger partial charge on any atom is -0.348 e. The Balaban J connectivity index is 1.87. The standard InChI is InChI=1S/C24H34N4O2/c1-17(2)28(23(30)25-24(4,5)6)16-21(29)27-15-14-26-13-7-8-20(26)22(27)19-11-9-18(3)10-12-19/h7-13,17,22H,14-16H2,1-6H3,(H,25,30). The van der Waals surface area contributed by atoms with Gasteiger partial charge in [0, 0.05) is 36.6 Å². The predicted octanol–water partition coefficient (Wildman–Crippen LogP) is 3.95. The maximum Gasteiger partial charge on any atom is 0.318 e. The molecule has 1 atom stereocenters. The van der Waals surface area contributed by atoms with Gasteiger partial charge in [-0.3, -0.25) is 4.79 Å². The second kappa shape index (κ2) is 8.54. The summed E-state index contributed by atoms with van der Waals surface area (Å²) in [6, 6.07) is 12.0. The Labute approximate surface area is 179 Å². The third kappa shape index (κ3) is 4.86. The molecule has 1 aromatic heterocycles. The Bertz CT molecular complexity index is 893. The van der Waals surface area contributed by atoms with Crippen molar-refractivity contribution in [2.45, 2.75) is 65.7 Å². The molecule has 1 aliphatic rings. The molecule has 3 rings (SSSR count). The van der Waals surface area contributed by atoms with Crippen LogP contribution >= 0.6 is 0 Å². The summed E-state index contributed by atoms with van der Waals surface area (Å²) < 4.78 is 2.21. The third-order valence-corrected chi connectivity index (χ3v) is 5.42. The van der Waals surface area contributed by atoms with E-state index in [4.69, 9.17) is 0 Å². The SMILES string of the molecule is Cc1ccc(C2c3cccn3CCN2C(=O)CN(C(=O)NC(C)(C)C)C(C)C)cc1. The van der Waals surface area contributed by atoms with E-state index >= 15 is 0 Å². The van der Waals surface area contributed by atoms with E-state index in [0.29, 0.717) is 6.54 Å². The van der Waals surface area contributed by atoms with Crippen molar-refractivity contribution in [2.75, 3.05) is 13.1 Å². The lowest BCUT2D eigenvalue weighted by molar-refractivity contribution is -0.134. The van der Waals surface area contributed by atoms with Crippen LogP contribution in [-0.2, 0) is 11.3 Å². The third-order valence-electron chi connectivity index (χ3n) is 5.42. The van der Waals surface area contributed by atoms with Crippen LogP contribution in [0.15, 0.2) is 42.6 Å². The number of amides is 3. The fraction of sp³-hybridized carbons (Fsp3) is 0.500. The van der Waals surface area contributed by atoms with Gasteiger partial charge in [-0.1, -0.05) is 29.8 Å². The summed E-state index contributed by atoms with van der Waals surface area (Å²) >= 11 is 0. The van der Waals surface area contributed by atoms with Crippen molar-refractivity contribution in [3.63, 3.8) is 0 Å². The minimum atomic E-state index is -0.357. The molecule has 2 aromatic rings. The van der Waals surface area contributed by atoms with Gasteiger partial charge in [0.05, 0.1) is 6.04 Å². The van der Waals surface area contributed by atoms with Gasteiger partial charge in [0.2, 0.25) is 5.91 Å². The van der Waals surface area contributed by atoms with E-state index < -0.39 is 0 Å². The second-order valence-electron chi connectivity index (χ2n) is 9.43. The van der Waals surface area contributed by atoms with Crippen LogP contribution in [0.4, 0.5) is 4.79 Å². The maximum atomic E-state index is 13.5. The first-order valence-electron chi connectivity index (χ1n) is 10.7. The van der Waals surface area contributed by atoms with Gasteiger partial charge in [-0.05, 0) is 59.2 Å². The molecule has 1 unspecified atom stereocenters. The average molecular weight is 411 g/mol. The van der Waals surface area contributed by atoms with Crippen molar-refractivity contribution in [3.05, 3.63) is 59.4 Å². The normalized spacial score (nSPS) is 16.4. The highest BCUT2D eigenvalue weighted by Crippen LogP contribution is 2.32. The molecule has 0 aliphatic carbocycles. The van der Waals surface area contributed by atoms with Crippen LogP contribution in [-0.4, -0.2) is 51.0 Å². The zero-order valence-corrected chi connectivity index (χ0v) is 19.0. The molecule has 162 valence electrons. The van der Waals surface area contributed by atoms with E-state index in [2.05, 4.69) is 53.3 Å². The fourth-order valence-corrected chi connectivity index (χ4v) is 3.87. The van der Waals surface area contributed by atoms with Gasteiger partial charge in [-0.15, -0.1) is 0 Å². The topological polar surface area (TPSA) is 57.6 Å². The maximum absolute atomic E-state index is 13.5. The number of aromatic nitrogens is 1. The van der Waals surface area contributed by atoms with Crippen molar-refractivity contribution in [2.24, 2.45) is 0 Å². The summed E-state index contributed by atoms with van der Waals surface area (Å²) in [7, 11) is 0. The average Bonchev–Trinajstić information content (AvgIpc) is 3.13. The van der Waals surface area contributed by atoms with E-state index in [1.807, 2.05) is 45.6 Å². The number of fused-ring (bicyclic) bond motifs is 1. The number of benzene rings is 1. The van der Waals surface area contributed by atoms with Crippen molar-refractivity contribution in [1.82, 2.24) is 19.7 Å². The first-order valence-corrected chi connectivity index (χ1v) is 10.7. The zero-order chi connectivity index (χ0) is 22.1. The molecule has 1 aromatic carbocycles. The predicted molar refractivity (Wildman–Crippen MR) is 119 cm³/mol. The highest BCUT2D eigenvalue weighted by molar-refractivity contribution is 5.85. The molecule has 3 amide bonds. The number of hydrogen-bond donors (Lipinski definition) is 1. The number of nitrogens with one attached hydrogen (secondary N) is 1. The van der Waals surface area contributed by atoms with Crippen molar-refractivity contribution >= 4 is 11.9 Å². The Morgan fingerprint density at radius 3 is 2.40 bits per heavy atom. The van der Waals surface area contributed by atoms with E-state index in [-0.39, 0.29) is 36.1 Å². The smallest absolute Gasteiger partial charge is 0.318 e. The van der Waals surface area contributed by atoms with Crippen LogP contribution in [0.25, 0.3) is 0 Å². The van der Waals surface area contributed by atoms with Gasteiger partial charge in [0.1, 0.15) is 6.54 Å². The lowest BCUT2D eigenvalue weighted by Gasteiger charge is -2.39. The van der Waals surface area contributed by atoms with E-state index in [9.17, 15) is 9.59 Å². The monoisotopic (exact) mass is 410 g/mol. The number of carbonyl (C=O) groups excluding carboxylic acids is 2. The molecular formula is C24H34N4O2. The van der Waals surface area contributed by atoms with Gasteiger partial charge in [0.25, 0.3) is 0 Å². The lowest BCUT2D eigenvalue weighted by atomic mass is 9.98. The van der Waals surface area contributed by atoms with Crippen molar-refractivity contribution in [3.8, 4) is 0 Å². The highest BCUT2D eigenvalue weighted by Gasteiger charge is 2.34. The van der Waals surface area contributed by atoms with Gasteiger partial charge in [-0.2, -0.15) is 0 Å². The first kappa shape index (κ1) is 21.9. The number of aryl methyl sites for hydroxylation is 1. The Kier molecular flexibility index (Phi) is 6.25. The highest BCUT2D eigenvalue weighted by atomic mass is 16.2. The van der Waals surface area contributed by atoms with Gasteiger partial charge in [-0.25, -0.2) is 4.79 Å². The zero-order valence-electron chi connectivity index (χ0n) is 19.0. The Morgan fingerprint density at radius 1 is 1.13 bits per heavy atom. The molecular weight excluding hydrogens is 376 g/mol. The first-order chi connectivity index (χ1) is 14.1. The fourth-order valence-electron chi connectivity index (χ4n) is 3.87. The number of nitrogens with zero attached hydrogens (tertiary/aromatic N) is 3. The molecule has 0 spiro atoms. The summed E-state index contributed by atoms with van der Waals surface area (Å²) in [5.41, 5.74) is 3.02. The number of urea groups is 1. The summed E-state index contributed by atoms with van der Waals surface area (Å²) in [4.78, 5) is 29.8. The summed E-state index contributed by atoms with van der Waals surface area (Å²) in [5, 5.41) is 2.98. The van der Waals surface area contributed by atoms with E-state index in [1.165, 1.54) is 5.56 Å². The number of hydrogen-bond acceptors (Lipinski definition) is 2. The molecule has 6 nitrogen and oxygen atoms in total. The minimum absolute atomic E-state index is 0.0363. The molecule has 30 heavy (non-hydrogen) atoms. The van der Waals surface area contributed by atoms with Crippen molar-refractivity contribution < 1.29 is 9.59 Å². The Hall–Kier alpha value is -2.76. The molecule has 1 aliphatic heterocycles. The molecule has 0 radical (unpaired) electrons. The summed E-state index contributed by atoms with van der Waals surface area (Å²) in [6.45, 7) is 13.2.